The van der Waals surface area contributed by atoms with Gasteiger partial charge in [-0.3, -0.25) is 14.5 Å². The summed E-state index contributed by atoms with van der Waals surface area (Å²) >= 11 is 0. The lowest BCUT2D eigenvalue weighted by Crippen LogP contribution is -2.23. The minimum atomic E-state index is -0.225. The van der Waals surface area contributed by atoms with Gasteiger partial charge in [0, 0.05) is 29.9 Å². The number of hydrogen-bond donors (Lipinski definition) is 1. The Hall–Kier alpha value is -2.96. The number of nitrogens with one attached hydrogen (secondary N) is 1. The summed E-state index contributed by atoms with van der Waals surface area (Å²) in [5.74, 6) is 1.03. The van der Waals surface area contributed by atoms with E-state index in [1.165, 1.54) is 12.8 Å². The molecule has 5 rings (SSSR count). The molecule has 0 radical (unpaired) electrons. The largest absolute Gasteiger partial charge is 0.360 e. The zero-order chi connectivity index (χ0) is 18.9. The van der Waals surface area contributed by atoms with Gasteiger partial charge in [-0.25, -0.2) is 0 Å². The van der Waals surface area contributed by atoms with Crippen molar-refractivity contribution >= 4 is 5.91 Å². The number of aromatic nitrogens is 4. The summed E-state index contributed by atoms with van der Waals surface area (Å²) in [5, 5.41) is 11.6. The predicted molar refractivity (Wildman–Crippen MR) is 103 cm³/mol. The van der Waals surface area contributed by atoms with Gasteiger partial charge in [0.1, 0.15) is 5.76 Å². The van der Waals surface area contributed by atoms with E-state index in [4.69, 9.17) is 9.62 Å². The molecule has 3 aromatic heterocycles. The van der Waals surface area contributed by atoms with Crippen molar-refractivity contribution in [1.29, 1.82) is 0 Å². The van der Waals surface area contributed by atoms with Crippen LogP contribution in [0, 0.1) is 0 Å². The van der Waals surface area contributed by atoms with Gasteiger partial charge >= 0.3 is 0 Å². The highest BCUT2D eigenvalue weighted by Crippen LogP contribution is 2.40. The molecule has 0 unspecified atom stereocenters. The zero-order valence-electron chi connectivity index (χ0n) is 15.7. The molecule has 28 heavy (non-hydrogen) atoms. The van der Waals surface area contributed by atoms with Gasteiger partial charge in [0.05, 0.1) is 24.0 Å². The number of nitrogens with zero attached hydrogens (tertiary/aromatic N) is 4. The molecule has 0 atom stereocenters. The van der Waals surface area contributed by atoms with Crippen LogP contribution in [0.3, 0.4) is 0 Å². The summed E-state index contributed by atoms with van der Waals surface area (Å²) in [6.07, 6.45) is 10.6. The van der Waals surface area contributed by atoms with Gasteiger partial charge in [-0.2, -0.15) is 5.10 Å². The molecule has 3 aromatic rings. The maximum atomic E-state index is 12.4. The molecule has 7 heteroatoms. The third-order valence-electron chi connectivity index (χ3n) is 5.60. The highest BCUT2D eigenvalue weighted by molar-refractivity contribution is 5.92. The van der Waals surface area contributed by atoms with E-state index in [0.29, 0.717) is 24.2 Å². The Bertz CT molecular complexity index is 968. The monoisotopic (exact) mass is 377 g/mol. The van der Waals surface area contributed by atoms with Crippen molar-refractivity contribution in [2.24, 2.45) is 0 Å². The van der Waals surface area contributed by atoms with Crippen LogP contribution < -0.4 is 5.32 Å². The van der Waals surface area contributed by atoms with Crippen molar-refractivity contribution in [1.82, 2.24) is 25.2 Å². The fourth-order valence-corrected chi connectivity index (χ4v) is 3.91. The van der Waals surface area contributed by atoms with Crippen molar-refractivity contribution < 1.29 is 9.32 Å². The van der Waals surface area contributed by atoms with Crippen LogP contribution in [0.1, 0.15) is 72.4 Å². The van der Waals surface area contributed by atoms with Gasteiger partial charge in [-0.15, -0.1) is 0 Å². The molecule has 3 heterocycles. The SMILES string of the molecule is O=C(NCc1cc(-c2ccncc2)n(C2CCCC2)n1)c1cc(C2CC2)on1. The molecule has 2 aliphatic carbocycles. The number of pyridine rings is 1. The highest BCUT2D eigenvalue weighted by atomic mass is 16.5. The van der Waals surface area contributed by atoms with Crippen molar-refractivity contribution in [2.75, 3.05) is 0 Å². The van der Waals surface area contributed by atoms with E-state index in [1.807, 2.05) is 12.1 Å². The normalized spacial score (nSPS) is 17.1. The average molecular weight is 377 g/mol. The zero-order valence-corrected chi connectivity index (χ0v) is 15.7. The molecule has 1 N–H and O–H groups in total. The third-order valence-corrected chi connectivity index (χ3v) is 5.60. The Morgan fingerprint density at radius 1 is 1.14 bits per heavy atom. The van der Waals surface area contributed by atoms with Crippen molar-refractivity contribution in [3.05, 3.63) is 53.8 Å². The fraction of sp³-hybridized carbons (Fsp3) is 0.429. The van der Waals surface area contributed by atoms with Crippen molar-refractivity contribution in [3.63, 3.8) is 0 Å². The van der Waals surface area contributed by atoms with Crippen LogP contribution in [0.4, 0.5) is 0 Å². The molecule has 0 spiro atoms. The second-order valence-corrected chi connectivity index (χ2v) is 7.71. The first-order valence-electron chi connectivity index (χ1n) is 10.0. The predicted octanol–water partition coefficient (Wildman–Crippen LogP) is 3.86. The lowest BCUT2D eigenvalue weighted by atomic mass is 10.1. The van der Waals surface area contributed by atoms with E-state index < -0.39 is 0 Å². The Morgan fingerprint density at radius 2 is 1.93 bits per heavy atom. The standard InChI is InChI=1S/C21H23N5O2/c27-21(18-12-20(28-25-18)15-5-6-15)23-13-16-11-19(14-7-9-22-10-8-14)26(24-16)17-3-1-2-4-17/h7-12,15,17H,1-6,13H2,(H,23,27). The molecule has 144 valence electrons. The first kappa shape index (κ1) is 17.2. The average Bonchev–Trinajstić information content (AvgIpc) is 3.16. The number of carbonyl (C=O) groups is 1. The molecule has 2 fully saturated rings. The van der Waals surface area contributed by atoms with Crippen LogP contribution >= 0.6 is 0 Å². The molecule has 2 saturated carbocycles. The summed E-state index contributed by atoms with van der Waals surface area (Å²) < 4.78 is 7.40. The van der Waals surface area contributed by atoms with E-state index >= 15 is 0 Å². The Balaban J connectivity index is 1.33. The first-order chi connectivity index (χ1) is 13.8. The number of rotatable bonds is 6. The summed E-state index contributed by atoms with van der Waals surface area (Å²) in [7, 11) is 0. The van der Waals surface area contributed by atoms with Crippen molar-refractivity contribution in [3.8, 4) is 11.3 Å². The van der Waals surface area contributed by atoms with E-state index in [2.05, 4.69) is 26.2 Å². The number of carbonyl (C=O) groups excluding carboxylic acids is 1. The van der Waals surface area contributed by atoms with Crippen molar-refractivity contribution in [2.45, 2.75) is 57.0 Å². The summed E-state index contributed by atoms with van der Waals surface area (Å²) in [6.45, 7) is 0.363. The molecule has 2 aliphatic rings. The second kappa shape index (κ2) is 7.22. The third kappa shape index (κ3) is 3.44. The van der Waals surface area contributed by atoms with E-state index in [-0.39, 0.29) is 5.91 Å². The minimum Gasteiger partial charge on any atom is -0.360 e. The quantitative estimate of drug-likeness (QED) is 0.705. The number of amides is 1. The van der Waals surface area contributed by atoms with Gasteiger partial charge in [-0.1, -0.05) is 18.0 Å². The molecule has 0 aliphatic heterocycles. The van der Waals surface area contributed by atoms with Crippen LogP contribution in [-0.2, 0) is 6.54 Å². The van der Waals surface area contributed by atoms with E-state index in [1.54, 1.807) is 18.5 Å². The second-order valence-electron chi connectivity index (χ2n) is 7.71. The molecule has 7 nitrogen and oxygen atoms in total. The maximum absolute atomic E-state index is 12.4. The van der Waals surface area contributed by atoms with E-state index in [9.17, 15) is 4.79 Å². The van der Waals surface area contributed by atoms with Gasteiger partial charge in [0.15, 0.2) is 5.69 Å². The van der Waals surface area contributed by atoms with Crippen LogP contribution in [0.25, 0.3) is 11.3 Å². The smallest absolute Gasteiger partial charge is 0.273 e. The summed E-state index contributed by atoms with van der Waals surface area (Å²) in [5.41, 5.74) is 3.36. The maximum Gasteiger partial charge on any atom is 0.273 e. The lowest BCUT2D eigenvalue weighted by molar-refractivity contribution is 0.0941. The van der Waals surface area contributed by atoms with Crippen LogP contribution in [-0.4, -0.2) is 25.8 Å². The number of hydrogen-bond acceptors (Lipinski definition) is 5. The summed E-state index contributed by atoms with van der Waals surface area (Å²) in [6, 6.07) is 8.24. The lowest BCUT2D eigenvalue weighted by Gasteiger charge is -2.14. The topological polar surface area (TPSA) is 85.8 Å². The van der Waals surface area contributed by atoms with Gasteiger partial charge < -0.3 is 9.84 Å². The van der Waals surface area contributed by atoms with E-state index in [0.717, 1.165) is 48.4 Å². The fourth-order valence-electron chi connectivity index (χ4n) is 3.91. The molecule has 0 saturated heterocycles. The molecule has 1 amide bonds. The summed E-state index contributed by atoms with van der Waals surface area (Å²) in [4.78, 5) is 16.5. The molecular weight excluding hydrogens is 354 g/mol. The highest BCUT2D eigenvalue weighted by Gasteiger charge is 2.29. The molecule has 0 aromatic carbocycles. The Labute approximate surface area is 163 Å². The Morgan fingerprint density at radius 3 is 2.68 bits per heavy atom. The molecule has 0 bridgehead atoms. The first-order valence-corrected chi connectivity index (χ1v) is 10.0. The van der Waals surface area contributed by atoms with Crippen LogP contribution in [0.15, 0.2) is 41.2 Å². The van der Waals surface area contributed by atoms with Gasteiger partial charge in [0.25, 0.3) is 5.91 Å². The molecular formula is C21H23N5O2. The van der Waals surface area contributed by atoms with Crippen LogP contribution in [0.2, 0.25) is 0 Å². The Kier molecular flexibility index (Phi) is 4.43. The van der Waals surface area contributed by atoms with Crippen LogP contribution in [0.5, 0.6) is 0 Å². The van der Waals surface area contributed by atoms with Gasteiger partial charge in [-0.05, 0) is 43.9 Å². The van der Waals surface area contributed by atoms with Gasteiger partial charge in [0.2, 0.25) is 0 Å². The minimum absolute atomic E-state index is 0.225.